The lowest BCUT2D eigenvalue weighted by Crippen LogP contribution is -2.38. The van der Waals surface area contributed by atoms with E-state index in [0.29, 0.717) is 12.1 Å². The molecule has 1 aliphatic heterocycles. The van der Waals surface area contributed by atoms with E-state index in [-0.39, 0.29) is 5.56 Å². The van der Waals surface area contributed by atoms with Gasteiger partial charge in [-0.05, 0) is 12.1 Å². The number of rotatable bonds is 3. The van der Waals surface area contributed by atoms with Crippen molar-refractivity contribution in [1.82, 2.24) is 14.5 Å². The summed E-state index contributed by atoms with van der Waals surface area (Å²) in [5.41, 5.74) is 2.80. The van der Waals surface area contributed by atoms with Gasteiger partial charge in [0.15, 0.2) is 0 Å². The van der Waals surface area contributed by atoms with Gasteiger partial charge in [-0.3, -0.25) is 9.69 Å². The molecule has 1 fully saturated rings. The molecule has 4 aromatic rings. The fraction of sp³-hybridized carbons (Fsp3) is 0.286. The zero-order chi connectivity index (χ0) is 18.4. The first-order valence-electron chi connectivity index (χ1n) is 9.19. The number of para-hydroxylation sites is 1. The van der Waals surface area contributed by atoms with Crippen molar-refractivity contribution in [2.24, 2.45) is 7.05 Å². The molecule has 3 heterocycles. The number of fused-ring (bicyclic) bond motifs is 5. The normalized spacial score (nSPS) is 15.7. The number of nitrogens with one attached hydrogen (secondary N) is 1. The summed E-state index contributed by atoms with van der Waals surface area (Å²) >= 11 is 0. The average Bonchev–Trinajstić information content (AvgIpc) is 3.00. The van der Waals surface area contributed by atoms with E-state index >= 15 is 0 Å². The van der Waals surface area contributed by atoms with Crippen molar-refractivity contribution >= 4 is 32.7 Å². The highest BCUT2D eigenvalue weighted by molar-refractivity contribution is 6.16. The molecule has 0 bridgehead atoms. The molecule has 1 aliphatic rings. The highest BCUT2D eigenvalue weighted by Gasteiger charge is 2.17. The smallest absolute Gasteiger partial charge is 0.256 e. The summed E-state index contributed by atoms with van der Waals surface area (Å²) in [6.45, 7) is 3.77. The van der Waals surface area contributed by atoms with E-state index in [1.165, 1.54) is 0 Å². The largest absolute Gasteiger partial charge is 0.476 e. The van der Waals surface area contributed by atoms with E-state index in [1.807, 2.05) is 49.5 Å². The van der Waals surface area contributed by atoms with Gasteiger partial charge < -0.3 is 19.0 Å². The van der Waals surface area contributed by atoms with E-state index in [4.69, 9.17) is 9.47 Å². The molecule has 27 heavy (non-hydrogen) atoms. The minimum absolute atomic E-state index is 0.0646. The molecule has 0 radical (unpaired) electrons. The Labute approximate surface area is 155 Å². The van der Waals surface area contributed by atoms with Crippen LogP contribution >= 0.6 is 0 Å². The number of H-pyrrole nitrogens is 1. The number of aryl methyl sites for hydroxylation is 1. The van der Waals surface area contributed by atoms with Crippen molar-refractivity contribution < 1.29 is 9.47 Å². The van der Waals surface area contributed by atoms with Crippen molar-refractivity contribution in [2.75, 3.05) is 33.0 Å². The zero-order valence-corrected chi connectivity index (χ0v) is 15.2. The van der Waals surface area contributed by atoms with Crippen LogP contribution in [0.15, 0.2) is 47.3 Å². The second-order valence-electron chi connectivity index (χ2n) is 6.94. The zero-order valence-electron chi connectivity index (χ0n) is 15.2. The van der Waals surface area contributed by atoms with E-state index in [2.05, 4.69) is 14.5 Å². The SMILES string of the molecule is Cn1c2c(OCN3CCOCC3)cccc2c2[nH]c(=O)c3ccccc3c21. The van der Waals surface area contributed by atoms with Crippen LogP contribution in [-0.4, -0.2) is 47.5 Å². The number of morpholine rings is 1. The quantitative estimate of drug-likeness (QED) is 0.608. The van der Waals surface area contributed by atoms with Crippen molar-refractivity contribution in [1.29, 1.82) is 0 Å². The molecule has 0 unspecified atom stereocenters. The third-order valence-electron chi connectivity index (χ3n) is 5.35. The van der Waals surface area contributed by atoms with Crippen LogP contribution in [0.5, 0.6) is 5.75 Å². The van der Waals surface area contributed by atoms with Gasteiger partial charge in [-0.25, -0.2) is 0 Å². The number of benzene rings is 2. The second kappa shape index (κ2) is 6.40. The standard InChI is InChI=1S/C21H21N3O3/c1-23-19-16(7-4-8-17(19)27-13-24-9-11-26-12-10-24)18-20(23)14-5-2-3-6-15(14)21(25)22-18/h2-8H,9-13H2,1H3,(H,22,25). The summed E-state index contributed by atoms with van der Waals surface area (Å²) in [6.07, 6.45) is 0. The number of hydrogen-bond acceptors (Lipinski definition) is 4. The van der Waals surface area contributed by atoms with Gasteiger partial charge in [0.1, 0.15) is 12.5 Å². The summed E-state index contributed by atoms with van der Waals surface area (Å²) in [7, 11) is 2.02. The molecule has 6 heteroatoms. The summed E-state index contributed by atoms with van der Waals surface area (Å²) in [5.74, 6) is 0.822. The average molecular weight is 363 g/mol. The number of aromatic nitrogens is 2. The number of ether oxygens (including phenoxy) is 2. The van der Waals surface area contributed by atoms with Gasteiger partial charge >= 0.3 is 0 Å². The molecule has 0 aliphatic carbocycles. The Bertz CT molecular complexity index is 1200. The predicted molar refractivity (Wildman–Crippen MR) is 106 cm³/mol. The summed E-state index contributed by atoms with van der Waals surface area (Å²) in [6, 6.07) is 13.7. The topological polar surface area (TPSA) is 59.5 Å². The number of pyridine rings is 1. The number of aromatic amines is 1. The summed E-state index contributed by atoms with van der Waals surface area (Å²) in [5, 5.41) is 2.65. The lowest BCUT2D eigenvalue weighted by molar-refractivity contribution is 0.00436. The van der Waals surface area contributed by atoms with Gasteiger partial charge in [-0.1, -0.05) is 30.3 Å². The van der Waals surface area contributed by atoms with Gasteiger partial charge in [-0.15, -0.1) is 0 Å². The summed E-state index contributed by atoms with van der Waals surface area (Å²) in [4.78, 5) is 17.9. The maximum atomic E-state index is 12.5. The van der Waals surface area contributed by atoms with E-state index in [9.17, 15) is 4.79 Å². The Morgan fingerprint density at radius 1 is 1.00 bits per heavy atom. The fourth-order valence-corrected chi connectivity index (χ4v) is 4.00. The molecule has 0 atom stereocenters. The van der Waals surface area contributed by atoms with Crippen LogP contribution in [0, 0.1) is 0 Å². The number of nitrogens with zero attached hydrogens (tertiary/aromatic N) is 2. The van der Waals surface area contributed by atoms with Crippen LogP contribution in [0.1, 0.15) is 0 Å². The molecular weight excluding hydrogens is 342 g/mol. The number of hydrogen-bond donors (Lipinski definition) is 1. The Balaban J connectivity index is 1.68. The van der Waals surface area contributed by atoms with E-state index in [0.717, 1.165) is 59.4 Å². The Hall–Kier alpha value is -2.83. The summed E-state index contributed by atoms with van der Waals surface area (Å²) < 4.78 is 13.7. The van der Waals surface area contributed by atoms with E-state index in [1.54, 1.807) is 0 Å². The van der Waals surface area contributed by atoms with Gasteiger partial charge in [0.2, 0.25) is 0 Å². The van der Waals surface area contributed by atoms with Gasteiger partial charge in [0, 0.05) is 36.3 Å². The maximum absolute atomic E-state index is 12.5. The van der Waals surface area contributed by atoms with Crippen molar-refractivity contribution in [3.63, 3.8) is 0 Å². The molecule has 5 rings (SSSR count). The van der Waals surface area contributed by atoms with Gasteiger partial charge in [0.05, 0.1) is 29.8 Å². The molecule has 0 amide bonds. The molecule has 1 N–H and O–H groups in total. The first-order valence-corrected chi connectivity index (χ1v) is 9.19. The van der Waals surface area contributed by atoms with Crippen LogP contribution in [0.4, 0.5) is 0 Å². The molecule has 2 aromatic carbocycles. The highest BCUT2D eigenvalue weighted by atomic mass is 16.5. The van der Waals surface area contributed by atoms with E-state index < -0.39 is 0 Å². The third kappa shape index (κ3) is 2.60. The van der Waals surface area contributed by atoms with Crippen molar-refractivity contribution in [3.05, 3.63) is 52.8 Å². The second-order valence-corrected chi connectivity index (χ2v) is 6.94. The van der Waals surface area contributed by atoms with Gasteiger partial charge in [-0.2, -0.15) is 0 Å². The van der Waals surface area contributed by atoms with Crippen LogP contribution in [0.2, 0.25) is 0 Å². The third-order valence-corrected chi connectivity index (χ3v) is 5.35. The van der Waals surface area contributed by atoms with Crippen molar-refractivity contribution in [3.8, 4) is 5.75 Å². The minimum Gasteiger partial charge on any atom is -0.476 e. The maximum Gasteiger partial charge on any atom is 0.256 e. The molecular formula is C21H21N3O3. The molecule has 0 saturated carbocycles. The van der Waals surface area contributed by atoms with Crippen LogP contribution in [0.3, 0.4) is 0 Å². The molecule has 0 spiro atoms. The Morgan fingerprint density at radius 2 is 1.74 bits per heavy atom. The van der Waals surface area contributed by atoms with Crippen LogP contribution < -0.4 is 10.3 Å². The Kier molecular flexibility index (Phi) is 3.88. The first-order chi connectivity index (χ1) is 13.2. The lowest BCUT2D eigenvalue weighted by atomic mass is 10.1. The fourth-order valence-electron chi connectivity index (χ4n) is 4.00. The predicted octanol–water partition coefficient (Wildman–Crippen LogP) is 2.84. The van der Waals surface area contributed by atoms with Crippen LogP contribution in [-0.2, 0) is 11.8 Å². The van der Waals surface area contributed by atoms with Crippen LogP contribution in [0.25, 0.3) is 32.7 Å². The first kappa shape index (κ1) is 16.4. The molecule has 6 nitrogen and oxygen atoms in total. The minimum atomic E-state index is -0.0646. The lowest BCUT2D eigenvalue weighted by Gasteiger charge is -2.26. The highest BCUT2D eigenvalue weighted by Crippen LogP contribution is 2.35. The molecule has 1 saturated heterocycles. The van der Waals surface area contributed by atoms with Gasteiger partial charge in [0.25, 0.3) is 5.56 Å². The monoisotopic (exact) mass is 363 g/mol. The molecule has 138 valence electrons. The van der Waals surface area contributed by atoms with Crippen molar-refractivity contribution in [2.45, 2.75) is 0 Å². The Morgan fingerprint density at radius 3 is 2.56 bits per heavy atom. The molecule has 2 aromatic heterocycles.